The number of carbonyl (C=O) groups excluding carboxylic acids is 2. The monoisotopic (exact) mass is 381 g/mol. The van der Waals surface area contributed by atoms with Crippen molar-refractivity contribution in [2.45, 2.75) is 23.8 Å². The van der Waals surface area contributed by atoms with Crippen molar-refractivity contribution in [3.05, 3.63) is 29.8 Å². The summed E-state index contributed by atoms with van der Waals surface area (Å²) in [6.45, 7) is 1.37. The van der Waals surface area contributed by atoms with Gasteiger partial charge in [0.05, 0.1) is 24.7 Å². The molecular weight excluding hydrogens is 358 g/mol. The summed E-state index contributed by atoms with van der Waals surface area (Å²) in [4.78, 5) is 25.7. The van der Waals surface area contributed by atoms with Crippen molar-refractivity contribution < 1.29 is 22.7 Å². The van der Waals surface area contributed by atoms with E-state index in [1.54, 1.807) is 7.05 Å². The molecule has 0 bridgehead atoms. The van der Waals surface area contributed by atoms with E-state index in [9.17, 15) is 18.0 Å². The predicted octanol–water partition coefficient (Wildman–Crippen LogP) is 0.0581. The van der Waals surface area contributed by atoms with E-state index < -0.39 is 10.0 Å². The van der Waals surface area contributed by atoms with E-state index >= 15 is 0 Å². The van der Waals surface area contributed by atoms with Crippen LogP contribution in [0.25, 0.3) is 0 Å². The van der Waals surface area contributed by atoms with Gasteiger partial charge in [-0.3, -0.25) is 9.59 Å². The number of rotatable bonds is 6. The Kier molecular flexibility index (Phi) is 5.59. The highest BCUT2D eigenvalue weighted by molar-refractivity contribution is 7.89. The first-order chi connectivity index (χ1) is 12.4. The standard InChI is InChI=1S/C17H23N3O5S/c1-19(12-16(21)18-14-4-5-14)17(22)13-2-6-15(7-3-13)26(23,24)20-8-10-25-11-9-20/h2-3,6-7,14H,4-5,8-12H2,1H3,(H,18,21). The molecule has 8 nitrogen and oxygen atoms in total. The molecule has 0 atom stereocenters. The van der Waals surface area contributed by atoms with Gasteiger partial charge in [0.1, 0.15) is 0 Å². The topological polar surface area (TPSA) is 96.0 Å². The normalized spacial score (nSPS) is 18.3. The summed E-state index contributed by atoms with van der Waals surface area (Å²) in [5.74, 6) is -0.513. The average Bonchev–Trinajstić information content (AvgIpc) is 3.45. The van der Waals surface area contributed by atoms with Gasteiger partial charge >= 0.3 is 0 Å². The Morgan fingerprint density at radius 2 is 1.81 bits per heavy atom. The van der Waals surface area contributed by atoms with Crippen LogP contribution in [0.15, 0.2) is 29.2 Å². The van der Waals surface area contributed by atoms with Crippen LogP contribution in [0.4, 0.5) is 0 Å². The number of benzene rings is 1. The maximum atomic E-state index is 12.6. The summed E-state index contributed by atoms with van der Waals surface area (Å²) in [5, 5.41) is 2.83. The summed E-state index contributed by atoms with van der Waals surface area (Å²) >= 11 is 0. The molecule has 1 heterocycles. The summed E-state index contributed by atoms with van der Waals surface area (Å²) < 4.78 is 31.7. The van der Waals surface area contributed by atoms with Gasteiger partial charge in [-0.05, 0) is 37.1 Å². The van der Waals surface area contributed by atoms with Gasteiger partial charge < -0.3 is 15.0 Å². The molecule has 0 aromatic heterocycles. The second-order valence-corrected chi connectivity index (χ2v) is 8.48. The molecule has 0 radical (unpaired) electrons. The summed E-state index contributed by atoms with van der Waals surface area (Å²) in [7, 11) is -2.04. The average molecular weight is 381 g/mol. The van der Waals surface area contributed by atoms with Gasteiger partial charge in [-0.1, -0.05) is 0 Å². The lowest BCUT2D eigenvalue weighted by Gasteiger charge is -2.26. The summed E-state index contributed by atoms with van der Waals surface area (Å²) in [6, 6.07) is 6.05. The van der Waals surface area contributed by atoms with Crippen LogP contribution in [0, 0.1) is 0 Å². The van der Waals surface area contributed by atoms with Gasteiger partial charge in [-0.25, -0.2) is 8.42 Å². The van der Waals surface area contributed by atoms with E-state index in [4.69, 9.17) is 4.74 Å². The maximum Gasteiger partial charge on any atom is 0.254 e. The fourth-order valence-electron chi connectivity index (χ4n) is 2.71. The quantitative estimate of drug-likeness (QED) is 0.752. The van der Waals surface area contributed by atoms with E-state index in [-0.39, 0.29) is 29.3 Å². The number of likely N-dealkylation sites (N-methyl/N-ethyl adjacent to an activating group) is 1. The van der Waals surface area contributed by atoms with Gasteiger partial charge in [-0.2, -0.15) is 4.31 Å². The first-order valence-corrected chi connectivity index (χ1v) is 10.0. The van der Waals surface area contributed by atoms with Crippen molar-refractivity contribution in [2.24, 2.45) is 0 Å². The van der Waals surface area contributed by atoms with Gasteiger partial charge in [-0.15, -0.1) is 0 Å². The minimum absolute atomic E-state index is 0.0246. The van der Waals surface area contributed by atoms with E-state index in [1.165, 1.54) is 33.5 Å². The number of morpholine rings is 1. The van der Waals surface area contributed by atoms with Crippen LogP contribution in [-0.2, 0) is 19.6 Å². The van der Waals surface area contributed by atoms with Crippen LogP contribution in [0.2, 0.25) is 0 Å². The fourth-order valence-corrected chi connectivity index (χ4v) is 4.12. The SMILES string of the molecule is CN(CC(=O)NC1CC1)C(=O)c1ccc(S(=O)(=O)N2CCOCC2)cc1. The Hall–Kier alpha value is -1.97. The van der Waals surface area contributed by atoms with Crippen molar-refractivity contribution in [3.63, 3.8) is 0 Å². The number of ether oxygens (including phenoxy) is 1. The van der Waals surface area contributed by atoms with Gasteiger partial charge in [0.15, 0.2) is 0 Å². The highest BCUT2D eigenvalue weighted by Crippen LogP contribution is 2.19. The number of nitrogens with one attached hydrogen (secondary N) is 1. The first-order valence-electron chi connectivity index (χ1n) is 8.61. The second-order valence-electron chi connectivity index (χ2n) is 6.54. The molecule has 0 spiro atoms. The molecule has 142 valence electrons. The third-order valence-electron chi connectivity index (χ3n) is 4.38. The first kappa shape index (κ1) is 18.8. The number of amides is 2. The highest BCUT2D eigenvalue weighted by atomic mass is 32.2. The van der Waals surface area contributed by atoms with E-state index in [2.05, 4.69) is 5.32 Å². The van der Waals surface area contributed by atoms with E-state index in [0.717, 1.165) is 12.8 Å². The summed E-state index contributed by atoms with van der Waals surface area (Å²) in [6.07, 6.45) is 1.98. The lowest BCUT2D eigenvalue weighted by Crippen LogP contribution is -2.40. The molecule has 0 unspecified atom stereocenters. The molecular formula is C17H23N3O5S. The van der Waals surface area contributed by atoms with Crippen LogP contribution in [0.1, 0.15) is 23.2 Å². The number of hydrogen-bond acceptors (Lipinski definition) is 5. The number of carbonyl (C=O) groups is 2. The zero-order valence-corrected chi connectivity index (χ0v) is 15.5. The molecule has 2 amide bonds. The molecule has 3 rings (SSSR count). The van der Waals surface area contributed by atoms with E-state index in [0.29, 0.717) is 31.9 Å². The molecule has 1 aromatic carbocycles. The Balaban J connectivity index is 1.64. The van der Waals surface area contributed by atoms with Crippen molar-refractivity contribution in [2.75, 3.05) is 39.9 Å². The fraction of sp³-hybridized carbons (Fsp3) is 0.529. The smallest absolute Gasteiger partial charge is 0.254 e. The van der Waals surface area contributed by atoms with Crippen LogP contribution in [0.3, 0.4) is 0 Å². The molecule has 1 aromatic rings. The lowest BCUT2D eigenvalue weighted by molar-refractivity contribution is -0.121. The number of hydrogen-bond donors (Lipinski definition) is 1. The molecule has 2 aliphatic rings. The Bertz CT molecular complexity index is 768. The van der Waals surface area contributed by atoms with E-state index in [1.807, 2.05) is 0 Å². The highest BCUT2D eigenvalue weighted by Gasteiger charge is 2.27. The molecule has 1 N–H and O–H groups in total. The molecule has 1 saturated carbocycles. The Labute approximate surface area is 153 Å². The molecule has 1 saturated heterocycles. The lowest BCUT2D eigenvalue weighted by atomic mass is 10.2. The third kappa shape index (κ3) is 4.40. The summed E-state index contributed by atoms with van der Waals surface area (Å²) in [5.41, 5.74) is 0.340. The van der Waals surface area contributed by atoms with Crippen LogP contribution in [-0.4, -0.2) is 75.4 Å². The largest absolute Gasteiger partial charge is 0.379 e. The third-order valence-corrected chi connectivity index (χ3v) is 6.29. The Morgan fingerprint density at radius 3 is 2.38 bits per heavy atom. The minimum atomic E-state index is -3.59. The van der Waals surface area contributed by atoms with Gasteiger partial charge in [0.2, 0.25) is 15.9 Å². The zero-order valence-electron chi connectivity index (χ0n) is 14.7. The number of nitrogens with zero attached hydrogens (tertiary/aromatic N) is 2. The van der Waals surface area contributed by atoms with Crippen LogP contribution in [0.5, 0.6) is 0 Å². The molecule has 1 aliphatic heterocycles. The zero-order chi connectivity index (χ0) is 18.7. The molecule has 2 fully saturated rings. The minimum Gasteiger partial charge on any atom is -0.379 e. The van der Waals surface area contributed by atoms with Crippen LogP contribution >= 0.6 is 0 Å². The second kappa shape index (κ2) is 7.73. The van der Waals surface area contributed by atoms with Crippen molar-refractivity contribution in [3.8, 4) is 0 Å². The number of sulfonamides is 1. The van der Waals surface area contributed by atoms with Crippen molar-refractivity contribution in [1.82, 2.24) is 14.5 Å². The van der Waals surface area contributed by atoms with Crippen molar-refractivity contribution in [1.29, 1.82) is 0 Å². The molecule has 9 heteroatoms. The van der Waals surface area contributed by atoms with Gasteiger partial charge in [0, 0.05) is 31.7 Å². The van der Waals surface area contributed by atoms with Crippen LogP contribution < -0.4 is 5.32 Å². The maximum absolute atomic E-state index is 12.6. The van der Waals surface area contributed by atoms with Crippen molar-refractivity contribution >= 4 is 21.8 Å². The van der Waals surface area contributed by atoms with Gasteiger partial charge in [0.25, 0.3) is 5.91 Å². The molecule has 26 heavy (non-hydrogen) atoms. The Morgan fingerprint density at radius 1 is 1.19 bits per heavy atom. The predicted molar refractivity (Wildman–Crippen MR) is 94.1 cm³/mol. The molecule has 1 aliphatic carbocycles.